The average Bonchev–Trinajstić information content (AvgIpc) is 2.56. The number of rotatable bonds is 4. The van der Waals surface area contributed by atoms with Crippen LogP contribution < -0.4 is 9.80 Å². The first-order valence-corrected chi connectivity index (χ1v) is 7.22. The van der Waals surface area contributed by atoms with Crippen LogP contribution in [0.4, 0.5) is 11.5 Å². The Kier molecular flexibility index (Phi) is 4.31. The van der Waals surface area contributed by atoms with E-state index in [1.165, 1.54) is 5.69 Å². The van der Waals surface area contributed by atoms with Gasteiger partial charge in [0.25, 0.3) is 0 Å². The highest BCUT2D eigenvalue weighted by Gasteiger charge is 2.18. The summed E-state index contributed by atoms with van der Waals surface area (Å²) >= 11 is 0. The van der Waals surface area contributed by atoms with Gasteiger partial charge in [0.05, 0.1) is 0 Å². The minimum absolute atomic E-state index is 0.456. The highest BCUT2D eigenvalue weighted by atomic mass is 16.5. The van der Waals surface area contributed by atoms with Gasteiger partial charge < -0.3 is 14.5 Å². The van der Waals surface area contributed by atoms with E-state index in [2.05, 4.69) is 50.1 Å². The summed E-state index contributed by atoms with van der Waals surface area (Å²) in [7, 11) is 1.66. The number of hydrogen-bond acceptors (Lipinski definition) is 5. The van der Waals surface area contributed by atoms with Gasteiger partial charge in [-0.1, -0.05) is 18.2 Å². The van der Waals surface area contributed by atoms with Gasteiger partial charge in [-0.2, -0.15) is 0 Å². The molecule has 2 heterocycles. The lowest BCUT2D eigenvalue weighted by Gasteiger charge is -2.36. The second-order valence-electron chi connectivity index (χ2n) is 5.07. The predicted octanol–water partition coefficient (Wildman–Crippen LogP) is 1.95. The molecular formula is C16H20N4O. The van der Waals surface area contributed by atoms with E-state index in [9.17, 15) is 0 Å². The Hall–Kier alpha value is -2.14. The van der Waals surface area contributed by atoms with Crippen molar-refractivity contribution < 1.29 is 4.74 Å². The van der Waals surface area contributed by atoms with Gasteiger partial charge in [0.1, 0.15) is 12.4 Å². The zero-order valence-electron chi connectivity index (χ0n) is 12.3. The molecule has 0 unspecified atom stereocenters. The predicted molar refractivity (Wildman–Crippen MR) is 83.6 cm³/mol. The van der Waals surface area contributed by atoms with E-state index in [1.807, 2.05) is 6.07 Å². The number of methoxy groups -OCH3 is 1. The van der Waals surface area contributed by atoms with Crippen molar-refractivity contribution in [3.8, 4) is 0 Å². The topological polar surface area (TPSA) is 41.5 Å². The summed E-state index contributed by atoms with van der Waals surface area (Å²) in [4.78, 5) is 13.5. The molecule has 2 aromatic rings. The van der Waals surface area contributed by atoms with Crippen LogP contribution in [0.15, 0.2) is 42.6 Å². The molecule has 1 aliphatic heterocycles. The van der Waals surface area contributed by atoms with Gasteiger partial charge in [-0.3, -0.25) is 0 Å². The van der Waals surface area contributed by atoms with Gasteiger partial charge in [0, 0.05) is 45.2 Å². The molecule has 0 atom stereocenters. The molecule has 1 fully saturated rings. The smallest absolute Gasteiger partial charge is 0.156 e. The Balaban J connectivity index is 1.64. The Bertz CT molecular complexity index is 567. The second kappa shape index (κ2) is 6.54. The van der Waals surface area contributed by atoms with Crippen molar-refractivity contribution >= 4 is 11.5 Å². The Morgan fingerprint density at radius 3 is 2.43 bits per heavy atom. The molecule has 0 saturated carbocycles. The maximum absolute atomic E-state index is 5.09. The first-order valence-electron chi connectivity index (χ1n) is 7.22. The quantitative estimate of drug-likeness (QED) is 0.858. The van der Waals surface area contributed by atoms with E-state index >= 15 is 0 Å². The number of benzene rings is 1. The highest BCUT2D eigenvalue weighted by molar-refractivity contribution is 5.49. The summed E-state index contributed by atoms with van der Waals surface area (Å²) in [6.07, 6.45) is 1.81. The van der Waals surface area contributed by atoms with Gasteiger partial charge in [0.2, 0.25) is 0 Å². The fraction of sp³-hybridized carbons (Fsp3) is 0.375. The van der Waals surface area contributed by atoms with Crippen molar-refractivity contribution in [1.29, 1.82) is 0 Å². The van der Waals surface area contributed by atoms with Crippen LogP contribution in [0, 0.1) is 0 Å². The van der Waals surface area contributed by atoms with Crippen molar-refractivity contribution in [2.45, 2.75) is 6.61 Å². The molecule has 1 aromatic carbocycles. The molecule has 5 nitrogen and oxygen atoms in total. The van der Waals surface area contributed by atoms with Crippen molar-refractivity contribution in [3.05, 3.63) is 48.4 Å². The zero-order valence-corrected chi connectivity index (χ0v) is 12.3. The molecule has 0 aliphatic carbocycles. The number of aromatic nitrogens is 2. The van der Waals surface area contributed by atoms with E-state index in [0.29, 0.717) is 6.61 Å². The first-order chi connectivity index (χ1) is 10.4. The molecule has 1 aliphatic rings. The maximum Gasteiger partial charge on any atom is 0.156 e. The molecule has 0 N–H and O–H groups in total. The first kappa shape index (κ1) is 13.8. The van der Waals surface area contributed by atoms with Gasteiger partial charge in [0.15, 0.2) is 5.82 Å². The molecular weight excluding hydrogens is 264 g/mol. The van der Waals surface area contributed by atoms with Gasteiger partial charge in [-0.15, -0.1) is 0 Å². The van der Waals surface area contributed by atoms with Crippen LogP contribution in [0.3, 0.4) is 0 Å². The van der Waals surface area contributed by atoms with Crippen molar-refractivity contribution in [2.75, 3.05) is 43.1 Å². The molecule has 0 amide bonds. The summed E-state index contributed by atoms with van der Waals surface area (Å²) in [6.45, 7) is 4.41. The Labute approximate surface area is 125 Å². The van der Waals surface area contributed by atoms with E-state index in [4.69, 9.17) is 4.74 Å². The van der Waals surface area contributed by atoms with Crippen LogP contribution in [0.1, 0.15) is 5.82 Å². The largest absolute Gasteiger partial charge is 0.377 e. The number of anilines is 2. The standard InChI is InChI=1S/C16H20N4O/c1-21-13-15-17-8-7-16(18-15)20-11-9-19(10-12-20)14-5-3-2-4-6-14/h2-8H,9-13H2,1H3. The van der Waals surface area contributed by atoms with Crippen LogP contribution in [-0.4, -0.2) is 43.3 Å². The second-order valence-corrected chi connectivity index (χ2v) is 5.07. The molecule has 1 aromatic heterocycles. The van der Waals surface area contributed by atoms with E-state index in [1.54, 1.807) is 13.3 Å². The summed E-state index contributed by atoms with van der Waals surface area (Å²) in [5.74, 6) is 1.73. The van der Waals surface area contributed by atoms with Crippen LogP contribution in [0.5, 0.6) is 0 Å². The van der Waals surface area contributed by atoms with Gasteiger partial charge >= 0.3 is 0 Å². The third-order valence-electron chi connectivity index (χ3n) is 3.69. The van der Waals surface area contributed by atoms with Crippen LogP contribution >= 0.6 is 0 Å². The highest BCUT2D eigenvalue weighted by Crippen LogP contribution is 2.18. The molecule has 0 spiro atoms. The number of piperazine rings is 1. The van der Waals surface area contributed by atoms with E-state index < -0.39 is 0 Å². The lowest BCUT2D eigenvalue weighted by molar-refractivity contribution is 0.178. The van der Waals surface area contributed by atoms with Crippen LogP contribution in [-0.2, 0) is 11.3 Å². The lowest BCUT2D eigenvalue weighted by Crippen LogP contribution is -2.46. The summed E-state index contributed by atoms with van der Waals surface area (Å²) < 4.78 is 5.09. The molecule has 0 radical (unpaired) electrons. The average molecular weight is 284 g/mol. The normalized spacial score (nSPS) is 15.3. The van der Waals surface area contributed by atoms with Crippen molar-refractivity contribution in [2.24, 2.45) is 0 Å². The van der Waals surface area contributed by atoms with Gasteiger partial charge in [-0.05, 0) is 18.2 Å². The number of hydrogen-bond donors (Lipinski definition) is 0. The van der Waals surface area contributed by atoms with Gasteiger partial charge in [-0.25, -0.2) is 9.97 Å². The molecule has 21 heavy (non-hydrogen) atoms. The lowest BCUT2D eigenvalue weighted by atomic mass is 10.2. The molecule has 3 rings (SSSR count). The monoisotopic (exact) mass is 284 g/mol. The Morgan fingerprint density at radius 1 is 1.00 bits per heavy atom. The molecule has 0 bridgehead atoms. The fourth-order valence-corrected chi connectivity index (χ4v) is 2.60. The SMILES string of the molecule is COCc1nccc(N2CCN(c3ccccc3)CC2)n1. The van der Waals surface area contributed by atoms with Crippen molar-refractivity contribution in [1.82, 2.24) is 9.97 Å². The maximum atomic E-state index is 5.09. The minimum Gasteiger partial charge on any atom is -0.377 e. The minimum atomic E-state index is 0.456. The van der Waals surface area contributed by atoms with E-state index in [0.717, 1.165) is 37.8 Å². The Morgan fingerprint density at radius 2 is 1.71 bits per heavy atom. The van der Waals surface area contributed by atoms with Crippen LogP contribution in [0.2, 0.25) is 0 Å². The molecule has 1 saturated heterocycles. The van der Waals surface area contributed by atoms with Crippen LogP contribution in [0.25, 0.3) is 0 Å². The zero-order chi connectivity index (χ0) is 14.5. The number of ether oxygens (including phenoxy) is 1. The summed E-state index contributed by atoms with van der Waals surface area (Å²) in [5, 5.41) is 0. The number of para-hydroxylation sites is 1. The number of nitrogens with zero attached hydrogens (tertiary/aromatic N) is 4. The molecule has 110 valence electrons. The third kappa shape index (κ3) is 3.31. The molecule has 5 heteroatoms. The fourth-order valence-electron chi connectivity index (χ4n) is 2.60. The summed E-state index contributed by atoms with van der Waals surface area (Å²) in [6, 6.07) is 12.5. The van der Waals surface area contributed by atoms with E-state index in [-0.39, 0.29) is 0 Å². The van der Waals surface area contributed by atoms with Crippen molar-refractivity contribution in [3.63, 3.8) is 0 Å². The summed E-state index contributed by atoms with van der Waals surface area (Å²) in [5.41, 5.74) is 1.29. The third-order valence-corrected chi connectivity index (χ3v) is 3.69.